The topological polar surface area (TPSA) is 35.2 Å². The van der Waals surface area contributed by atoms with E-state index in [9.17, 15) is 0 Å². The Labute approximate surface area is 130 Å². The van der Waals surface area contributed by atoms with Gasteiger partial charge in [-0.15, -0.1) is 0 Å². The fourth-order valence-corrected chi connectivity index (χ4v) is 4.62. The highest BCUT2D eigenvalue weighted by Crippen LogP contribution is 2.50. The average Bonchev–Trinajstić information content (AvgIpc) is 2.64. The van der Waals surface area contributed by atoms with E-state index in [1.807, 2.05) is 0 Å². The highest BCUT2D eigenvalue weighted by Gasteiger charge is 2.40. The summed E-state index contributed by atoms with van der Waals surface area (Å²) in [5.74, 6) is 1.04. The van der Waals surface area contributed by atoms with Crippen LogP contribution in [0.15, 0.2) is 10.5 Å². The van der Waals surface area contributed by atoms with Gasteiger partial charge >= 0.3 is 0 Å². The predicted molar refractivity (Wildman–Crippen MR) is 86.5 cm³/mol. The summed E-state index contributed by atoms with van der Waals surface area (Å²) in [6.45, 7) is 0.731. The molecule has 1 aromatic carbocycles. The van der Waals surface area contributed by atoms with Gasteiger partial charge in [0.25, 0.3) is 0 Å². The lowest BCUT2D eigenvalue weighted by molar-refractivity contribution is 0.243. The third-order valence-electron chi connectivity index (χ3n) is 5.26. The SMILES string of the molecule is COc1c(C2(CN)CCC2)cc2c(c1Br)CCCCC2. The molecule has 2 aliphatic carbocycles. The first kappa shape index (κ1) is 14.4. The molecule has 2 aliphatic rings. The molecule has 0 aromatic heterocycles. The van der Waals surface area contributed by atoms with Crippen LogP contribution in [0.25, 0.3) is 0 Å². The molecule has 0 saturated heterocycles. The maximum atomic E-state index is 6.11. The van der Waals surface area contributed by atoms with Gasteiger partial charge in [0, 0.05) is 17.5 Å². The van der Waals surface area contributed by atoms with Crippen LogP contribution >= 0.6 is 15.9 Å². The van der Waals surface area contributed by atoms with Crippen molar-refractivity contribution in [2.45, 2.75) is 56.8 Å². The summed E-state index contributed by atoms with van der Waals surface area (Å²) in [5.41, 5.74) is 10.6. The summed E-state index contributed by atoms with van der Waals surface area (Å²) in [5, 5.41) is 0. The van der Waals surface area contributed by atoms with Crippen molar-refractivity contribution < 1.29 is 4.74 Å². The molecule has 1 saturated carbocycles. The van der Waals surface area contributed by atoms with Crippen molar-refractivity contribution in [3.63, 3.8) is 0 Å². The summed E-state index contributed by atoms with van der Waals surface area (Å²) in [6, 6.07) is 2.41. The number of ether oxygens (including phenoxy) is 1. The summed E-state index contributed by atoms with van der Waals surface area (Å²) in [6.07, 6.45) is 9.98. The number of hydrogen-bond donors (Lipinski definition) is 1. The minimum Gasteiger partial charge on any atom is -0.495 e. The van der Waals surface area contributed by atoms with E-state index in [1.54, 1.807) is 7.11 Å². The fraction of sp³-hybridized carbons (Fsp3) is 0.647. The molecule has 3 rings (SSSR count). The summed E-state index contributed by atoms with van der Waals surface area (Å²) < 4.78 is 6.95. The molecule has 0 amide bonds. The second kappa shape index (κ2) is 5.69. The minimum absolute atomic E-state index is 0.162. The van der Waals surface area contributed by atoms with E-state index in [0.717, 1.165) is 12.3 Å². The first-order chi connectivity index (χ1) is 9.72. The maximum Gasteiger partial charge on any atom is 0.137 e. The van der Waals surface area contributed by atoms with Crippen molar-refractivity contribution in [1.82, 2.24) is 0 Å². The highest BCUT2D eigenvalue weighted by molar-refractivity contribution is 9.10. The molecule has 1 fully saturated rings. The maximum absolute atomic E-state index is 6.11. The predicted octanol–water partition coefficient (Wildman–Crippen LogP) is 4.11. The first-order valence-corrected chi connectivity index (χ1v) is 8.60. The van der Waals surface area contributed by atoms with Gasteiger partial charge in [-0.05, 0) is 65.6 Å². The number of aryl methyl sites for hydroxylation is 1. The molecule has 2 N–H and O–H groups in total. The van der Waals surface area contributed by atoms with Crippen LogP contribution in [0.1, 0.15) is 55.2 Å². The standard InChI is InChI=1S/C17H24BrNO/c1-20-16-14(17(11-19)8-5-9-17)10-12-6-3-2-4-7-13(12)15(16)18/h10H,2-9,11,19H2,1H3. The van der Waals surface area contributed by atoms with Crippen LogP contribution < -0.4 is 10.5 Å². The third-order valence-corrected chi connectivity index (χ3v) is 6.10. The lowest BCUT2D eigenvalue weighted by Crippen LogP contribution is -2.42. The van der Waals surface area contributed by atoms with Crippen molar-refractivity contribution in [3.05, 3.63) is 27.2 Å². The van der Waals surface area contributed by atoms with Crippen molar-refractivity contribution in [2.75, 3.05) is 13.7 Å². The molecule has 0 atom stereocenters. The van der Waals surface area contributed by atoms with Gasteiger partial charge in [-0.2, -0.15) is 0 Å². The van der Waals surface area contributed by atoms with E-state index >= 15 is 0 Å². The molecule has 2 nitrogen and oxygen atoms in total. The monoisotopic (exact) mass is 337 g/mol. The van der Waals surface area contributed by atoms with Crippen LogP contribution in [-0.2, 0) is 18.3 Å². The Morgan fingerprint density at radius 1 is 1.20 bits per heavy atom. The van der Waals surface area contributed by atoms with Gasteiger partial charge in [0.05, 0.1) is 11.6 Å². The van der Waals surface area contributed by atoms with E-state index in [4.69, 9.17) is 10.5 Å². The number of benzene rings is 1. The van der Waals surface area contributed by atoms with Gasteiger partial charge in [-0.1, -0.05) is 18.9 Å². The first-order valence-electron chi connectivity index (χ1n) is 7.80. The summed E-state index contributed by atoms with van der Waals surface area (Å²) >= 11 is 3.82. The number of rotatable bonds is 3. The van der Waals surface area contributed by atoms with Crippen LogP contribution in [0.5, 0.6) is 5.75 Å². The van der Waals surface area contributed by atoms with Crippen LogP contribution in [-0.4, -0.2) is 13.7 Å². The molecule has 0 spiro atoms. The molecule has 1 aromatic rings. The number of halogens is 1. The van der Waals surface area contributed by atoms with Crippen LogP contribution in [0.3, 0.4) is 0 Å². The molecule has 110 valence electrons. The molecule has 3 heteroatoms. The van der Waals surface area contributed by atoms with Crippen molar-refractivity contribution >= 4 is 15.9 Å². The minimum atomic E-state index is 0.162. The third kappa shape index (κ3) is 2.19. The number of nitrogens with two attached hydrogens (primary N) is 1. The van der Waals surface area contributed by atoms with Crippen molar-refractivity contribution in [3.8, 4) is 5.75 Å². The van der Waals surface area contributed by atoms with Gasteiger partial charge in [0.1, 0.15) is 5.75 Å². The van der Waals surface area contributed by atoms with E-state index in [2.05, 4.69) is 22.0 Å². The average molecular weight is 338 g/mol. The highest BCUT2D eigenvalue weighted by atomic mass is 79.9. The van der Waals surface area contributed by atoms with Crippen molar-refractivity contribution in [1.29, 1.82) is 0 Å². The van der Waals surface area contributed by atoms with Crippen LogP contribution in [0, 0.1) is 0 Å². The number of hydrogen-bond acceptors (Lipinski definition) is 2. The Morgan fingerprint density at radius 2 is 1.95 bits per heavy atom. The lowest BCUT2D eigenvalue weighted by atomic mass is 9.64. The van der Waals surface area contributed by atoms with Crippen LogP contribution in [0.4, 0.5) is 0 Å². The molecule has 0 unspecified atom stereocenters. The molecular weight excluding hydrogens is 314 g/mol. The Bertz CT molecular complexity index is 503. The molecule has 20 heavy (non-hydrogen) atoms. The zero-order valence-electron chi connectivity index (χ0n) is 12.3. The van der Waals surface area contributed by atoms with E-state index in [1.165, 1.54) is 72.5 Å². The van der Waals surface area contributed by atoms with E-state index in [-0.39, 0.29) is 5.41 Å². The molecule has 0 radical (unpaired) electrons. The van der Waals surface area contributed by atoms with Gasteiger partial charge in [0.15, 0.2) is 0 Å². The lowest BCUT2D eigenvalue weighted by Gasteiger charge is -2.42. The quantitative estimate of drug-likeness (QED) is 0.842. The number of fused-ring (bicyclic) bond motifs is 1. The smallest absolute Gasteiger partial charge is 0.137 e. The second-order valence-electron chi connectivity index (χ2n) is 6.31. The van der Waals surface area contributed by atoms with Gasteiger partial charge in [-0.25, -0.2) is 0 Å². The summed E-state index contributed by atoms with van der Waals surface area (Å²) in [7, 11) is 1.79. The zero-order valence-corrected chi connectivity index (χ0v) is 13.9. The zero-order chi connectivity index (χ0) is 14.2. The Morgan fingerprint density at radius 3 is 2.55 bits per heavy atom. The summed E-state index contributed by atoms with van der Waals surface area (Å²) in [4.78, 5) is 0. The van der Waals surface area contributed by atoms with E-state index < -0.39 is 0 Å². The van der Waals surface area contributed by atoms with Gasteiger partial charge in [0.2, 0.25) is 0 Å². The second-order valence-corrected chi connectivity index (χ2v) is 7.10. The van der Waals surface area contributed by atoms with E-state index in [0.29, 0.717) is 0 Å². The molecule has 0 heterocycles. The molecule has 0 bridgehead atoms. The Kier molecular flexibility index (Phi) is 4.09. The molecule has 0 aliphatic heterocycles. The Hall–Kier alpha value is -0.540. The molecular formula is C17H24BrNO. The normalized spacial score (nSPS) is 20.8. The largest absolute Gasteiger partial charge is 0.495 e. The van der Waals surface area contributed by atoms with Gasteiger partial charge in [-0.3, -0.25) is 0 Å². The van der Waals surface area contributed by atoms with Crippen molar-refractivity contribution in [2.24, 2.45) is 5.73 Å². The number of methoxy groups -OCH3 is 1. The van der Waals surface area contributed by atoms with Gasteiger partial charge < -0.3 is 10.5 Å². The van der Waals surface area contributed by atoms with Crippen LogP contribution in [0.2, 0.25) is 0 Å². The fourth-order valence-electron chi connectivity index (χ4n) is 3.79. The Balaban J connectivity index is 2.14.